The Kier molecular flexibility index (Phi) is 2.55. The maximum atomic E-state index is 5.76. The second-order valence-electron chi connectivity index (χ2n) is 3.50. The van der Waals surface area contributed by atoms with Crippen LogP contribution in [0.1, 0.15) is 12.5 Å². The molecule has 1 atom stereocenters. The topological polar surface area (TPSA) is 18.5 Å². The fraction of sp³-hybridized carbons (Fsp3) is 0.333. The van der Waals surface area contributed by atoms with E-state index in [1.54, 1.807) is 6.26 Å². The summed E-state index contributed by atoms with van der Waals surface area (Å²) in [6.45, 7) is 3.30. The van der Waals surface area contributed by atoms with Gasteiger partial charge in [0.25, 0.3) is 0 Å². The van der Waals surface area contributed by atoms with E-state index in [0.29, 0.717) is 13.2 Å². The smallest absolute Gasteiger partial charge is 0.112 e. The molecule has 0 bridgehead atoms. The first kappa shape index (κ1) is 9.28. The molecule has 0 aromatic heterocycles. The van der Waals surface area contributed by atoms with Crippen LogP contribution in [0.4, 0.5) is 0 Å². The van der Waals surface area contributed by atoms with E-state index in [0.717, 1.165) is 5.56 Å². The van der Waals surface area contributed by atoms with Gasteiger partial charge in [-0.15, -0.1) is 0 Å². The minimum atomic E-state index is -0.349. The highest BCUT2D eigenvalue weighted by Gasteiger charge is 2.25. The van der Waals surface area contributed by atoms with Gasteiger partial charge in [-0.1, -0.05) is 30.3 Å². The largest absolute Gasteiger partial charge is 0.499 e. The summed E-state index contributed by atoms with van der Waals surface area (Å²) in [5.74, 6) is 0. The standard InChI is InChI=1S/C12H14O2/c1-12(7-8-13-9-10-14-12)11-5-3-2-4-6-11/h2-8H,9-10H2,1H3/t12-/m0/s1. The van der Waals surface area contributed by atoms with Crippen molar-refractivity contribution >= 4 is 0 Å². The molecular formula is C12H14O2. The van der Waals surface area contributed by atoms with Gasteiger partial charge in [0.15, 0.2) is 0 Å². The molecule has 0 amide bonds. The highest BCUT2D eigenvalue weighted by atomic mass is 16.5. The summed E-state index contributed by atoms with van der Waals surface area (Å²) in [4.78, 5) is 0. The summed E-state index contributed by atoms with van der Waals surface area (Å²) in [7, 11) is 0. The molecule has 14 heavy (non-hydrogen) atoms. The molecule has 0 radical (unpaired) electrons. The van der Waals surface area contributed by atoms with Crippen molar-refractivity contribution in [2.75, 3.05) is 13.2 Å². The molecule has 1 aliphatic heterocycles. The number of hydrogen-bond acceptors (Lipinski definition) is 2. The molecule has 1 aromatic rings. The van der Waals surface area contributed by atoms with Crippen molar-refractivity contribution in [2.45, 2.75) is 12.5 Å². The Morgan fingerprint density at radius 1 is 1.14 bits per heavy atom. The Morgan fingerprint density at radius 3 is 2.71 bits per heavy atom. The van der Waals surface area contributed by atoms with Crippen molar-refractivity contribution in [1.29, 1.82) is 0 Å². The minimum Gasteiger partial charge on any atom is -0.499 e. The van der Waals surface area contributed by atoms with Crippen LogP contribution < -0.4 is 0 Å². The molecule has 74 valence electrons. The van der Waals surface area contributed by atoms with Crippen molar-refractivity contribution in [1.82, 2.24) is 0 Å². The van der Waals surface area contributed by atoms with Gasteiger partial charge in [0.1, 0.15) is 12.2 Å². The van der Waals surface area contributed by atoms with E-state index in [2.05, 4.69) is 12.1 Å². The highest BCUT2D eigenvalue weighted by molar-refractivity contribution is 5.26. The minimum absolute atomic E-state index is 0.349. The van der Waals surface area contributed by atoms with Crippen LogP contribution in [-0.4, -0.2) is 13.2 Å². The molecule has 2 rings (SSSR count). The number of ether oxygens (including phenoxy) is 2. The molecule has 1 heterocycles. The van der Waals surface area contributed by atoms with Gasteiger partial charge < -0.3 is 9.47 Å². The van der Waals surface area contributed by atoms with E-state index in [1.165, 1.54) is 0 Å². The average molecular weight is 190 g/mol. The van der Waals surface area contributed by atoms with Crippen LogP contribution in [0.15, 0.2) is 42.7 Å². The van der Waals surface area contributed by atoms with Gasteiger partial charge >= 0.3 is 0 Å². The summed E-state index contributed by atoms with van der Waals surface area (Å²) >= 11 is 0. The van der Waals surface area contributed by atoms with Gasteiger partial charge in [0, 0.05) is 0 Å². The molecule has 0 aliphatic carbocycles. The maximum Gasteiger partial charge on any atom is 0.112 e. The van der Waals surface area contributed by atoms with Gasteiger partial charge in [-0.3, -0.25) is 0 Å². The lowest BCUT2D eigenvalue weighted by atomic mass is 9.96. The molecular weight excluding hydrogens is 176 g/mol. The summed E-state index contributed by atoms with van der Waals surface area (Å²) < 4.78 is 11.0. The summed E-state index contributed by atoms with van der Waals surface area (Å²) in [5.41, 5.74) is 0.805. The second kappa shape index (κ2) is 3.84. The van der Waals surface area contributed by atoms with Gasteiger partial charge in [-0.05, 0) is 18.6 Å². The summed E-state index contributed by atoms with van der Waals surface area (Å²) in [6.07, 6.45) is 3.68. The average Bonchev–Trinajstić information content (AvgIpc) is 2.46. The Bertz CT molecular complexity index is 318. The third-order valence-corrected chi connectivity index (χ3v) is 2.43. The lowest BCUT2D eigenvalue weighted by Crippen LogP contribution is -2.23. The highest BCUT2D eigenvalue weighted by Crippen LogP contribution is 2.27. The van der Waals surface area contributed by atoms with Gasteiger partial charge in [0.2, 0.25) is 0 Å². The lowest BCUT2D eigenvalue weighted by molar-refractivity contribution is -0.00506. The van der Waals surface area contributed by atoms with Crippen LogP contribution in [0.25, 0.3) is 0 Å². The normalized spacial score (nSPS) is 26.6. The zero-order valence-electron chi connectivity index (χ0n) is 8.27. The van der Waals surface area contributed by atoms with Crippen LogP contribution in [-0.2, 0) is 15.1 Å². The quantitative estimate of drug-likeness (QED) is 0.677. The van der Waals surface area contributed by atoms with E-state index in [4.69, 9.17) is 9.47 Å². The predicted octanol–water partition coefficient (Wildman–Crippen LogP) is 2.46. The first-order chi connectivity index (χ1) is 6.81. The molecule has 0 fully saturated rings. The number of hydrogen-bond donors (Lipinski definition) is 0. The van der Waals surface area contributed by atoms with Crippen LogP contribution in [0.2, 0.25) is 0 Å². The molecule has 1 aliphatic rings. The number of benzene rings is 1. The molecule has 0 unspecified atom stereocenters. The fourth-order valence-electron chi connectivity index (χ4n) is 1.54. The van der Waals surface area contributed by atoms with Crippen molar-refractivity contribution in [2.24, 2.45) is 0 Å². The number of rotatable bonds is 1. The first-order valence-corrected chi connectivity index (χ1v) is 4.80. The van der Waals surface area contributed by atoms with E-state index >= 15 is 0 Å². The SMILES string of the molecule is C[C@@]1(c2ccccc2)C=COCCO1. The predicted molar refractivity (Wildman–Crippen MR) is 54.8 cm³/mol. The van der Waals surface area contributed by atoms with Crippen molar-refractivity contribution in [3.05, 3.63) is 48.2 Å². The third-order valence-electron chi connectivity index (χ3n) is 2.43. The first-order valence-electron chi connectivity index (χ1n) is 4.80. The molecule has 2 heteroatoms. The van der Waals surface area contributed by atoms with Crippen molar-refractivity contribution in [3.63, 3.8) is 0 Å². The summed E-state index contributed by atoms with van der Waals surface area (Å²) in [6, 6.07) is 10.2. The zero-order chi connectivity index (χ0) is 9.86. The summed E-state index contributed by atoms with van der Waals surface area (Å²) in [5, 5.41) is 0. The Morgan fingerprint density at radius 2 is 1.93 bits per heavy atom. The lowest BCUT2D eigenvalue weighted by Gasteiger charge is -2.25. The fourth-order valence-corrected chi connectivity index (χ4v) is 1.54. The van der Waals surface area contributed by atoms with Crippen molar-refractivity contribution in [3.8, 4) is 0 Å². The molecule has 0 saturated heterocycles. The van der Waals surface area contributed by atoms with Gasteiger partial charge in [-0.25, -0.2) is 0 Å². The van der Waals surface area contributed by atoms with Crippen LogP contribution >= 0.6 is 0 Å². The second-order valence-corrected chi connectivity index (χ2v) is 3.50. The molecule has 0 N–H and O–H groups in total. The van der Waals surface area contributed by atoms with E-state index in [-0.39, 0.29) is 5.60 Å². The van der Waals surface area contributed by atoms with Crippen molar-refractivity contribution < 1.29 is 9.47 Å². The van der Waals surface area contributed by atoms with Gasteiger partial charge in [-0.2, -0.15) is 0 Å². The third kappa shape index (κ3) is 1.80. The van der Waals surface area contributed by atoms with E-state index < -0.39 is 0 Å². The zero-order valence-corrected chi connectivity index (χ0v) is 8.27. The Labute approximate surface area is 84.2 Å². The Balaban J connectivity index is 2.30. The Hall–Kier alpha value is -1.28. The molecule has 0 spiro atoms. The van der Waals surface area contributed by atoms with Crippen LogP contribution in [0.5, 0.6) is 0 Å². The molecule has 1 aromatic carbocycles. The monoisotopic (exact) mass is 190 g/mol. The molecule has 0 saturated carbocycles. The van der Waals surface area contributed by atoms with Crippen LogP contribution in [0.3, 0.4) is 0 Å². The van der Waals surface area contributed by atoms with E-state index in [9.17, 15) is 0 Å². The van der Waals surface area contributed by atoms with E-state index in [1.807, 2.05) is 31.2 Å². The molecule has 2 nitrogen and oxygen atoms in total. The van der Waals surface area contributed by atoms with Crippen LogP contribution in [0, 0.1) is 0 Å². The van der Waals surface area contributed by atoms with Gasteiger partial charge in [0.05, 0.1) is 12.9 Å². The maximum absolute atomic E-state index is 5.76.